The first-order valence-corrected chi connectivity index (χ1v) is 5.39. The fourth-order valence-corrected chi connectivity index (χ4v) is 1.68. The van der Waals surface area contributed by atoms with E-state index in [1.54, 1.807) is 0 Å². The second kappa shape index (κ2) is 4.63. The molecule has 0 saturated heterocycles. The molecule has 0 spiro atoms. The molecule has 0 amide bonds. The lowest BCUT2D eigenvalue weighted by atomic mass is 10.2. The van der Waals surface area contributed by atoms with Crippen LogP contribution in [-0.2, 0) is 11.4 Å². The second-order valence-corrected chi connectivity index (χ2v) is 3.72. The Morgan fingerprint density at radius 1 is 1.33 bits per heavy atom. The second-order valence-electron chi connectivity index (χ2n) is 3.72. The molecule has 2 N–H and O–H groups in total. The van der Waals surface area contributed by atoms with Gasteiger partial charge in [-0.05, 0) is 12.1 Å². The molecule has 0 radical (unpaired) electrons. The highest BCUT2D eigenvalue weighted by Crippen LogP contribution is 2.34. The van der Waals surface area contributed by atoms with Crippen molar-refractivity contribution in [2.75, 3.05) is 6.61 Å². The van der Waals surface area contributed by atoms with Crippen LogP contribution in [0.2, 0.25) is 0 Å². The van der Waals surface area contributed by atoms with Crippen LogP contribution in [0.5, 0.6) is 11.5 Å². The number of hydrogen-bond donors (Lipinski definition) is 1. The van der Waals surface area contributed by atoms with Crippen LogP contribution in [0.1, 0.15) is 17.8 Å². The van der Waals surface area contributed by atoms with Crippen molar-refractivity contribution in [1.29, 1.82) is 0 Å². The van der Waals surface area contributed by atoms with Crippen molar-refractivity contribution >= 4 is 0 Å². The summed E-state index contributed by atoms with van der Waals surface area (Å²) in [5.74, 6) is 7.02. The first kappa shape index (κ1) is 11.0. The molecule has 1 atom stereocenters. The monoisotopic (exact) mass is 249 g/mol. The Hall–Kier alpha value is -2.12. The van der Waals surface area contributed by atoms with Gasteiger partial charge in [-0.3, -0.25) is 4.84 Å². The smallest absolute Gasteiger partial charge is 0.254 e. The third-order valence-corrected chi connectivity index (χ3v) is 2.49. The van der Waals surface area contributed by atoms with Crippen LogP contribution in [0.3, 0.4) is 0 Å². The van der Waals surface area contributed by atoms with Crippen LogP contribution in [0.25, 0.3) is 0 Å². The third kappa shape index (κ3) is 2.01. The molecule has 2 aromatic rings. The van der Waals surface area contributed by atoms with Gasteiger partial charge >= 0.3 is 0 Å². The summed E-state index contributed by atoms with van der Waals surface area (Å²) >= 11 is 0. The number of benzene rings is 1. The SMILES string of the molecule is NOCc1nc(C2COc3ccccc3O2)no1. The molecule has 18 heavy (non-hydrogen) atoms. The number of hydrogen-bond acceptors (Lipinski definition) is 7. The molecule has 7 nitrogen and oxygen atoms in total. The lowest BCUT2D eigenvalue weighted by molar-refractivity contribution is 0.0830. The van der Waals surface area contributed by atoms with E-state index in [1.807, 2.05) is 24.3 Å². The Kier molecular flexibility index (Phi) is 2.83. The summed E-state index contributed by atoms with van der Waals surface area (Å²) in [6.45, 7) is 0.399. The first-order valence-electron chi connectivity index (χ1n) is 5.39. The van der Waals surface area contributed by atoms with E-state index in [4.69, 9.17) is 19.9 Å². The zero-order valence-electron chi connectivity index (χ0n) is 9.41. The average molecular weight is 249 g/mol. The predicted octanol–water partition coefficient (Wildman–Crippen LogP) is 0.972. The zero-order valence-corrected chi connectivity index (χ0v) is 9.41. The maximum Gasteiger partial charge on any atom is 0.254 e. The molecular formula is C11H11N3O4. The van der Waals surface area contributed by atoms with Crippen LogP contribution in [0.4, 0.5) is 0 Å². The molecule has 7 heteroatoms. The summed E-state index contributed by atoms with van der Waals surface area (Å²) < 4.78 is 16.2. The Labute approximate surface area is 102 Å². The summed E-state index contributed by atoms with van der Waals surface area (Å²) in [6.07, 6.45) is -0.393. The maximum absolute atomic E-state index is 5.73. The van der Waals surface area contributed by atoms with Crippen LogP contribution in [-0.4, -0.2) is 16.7 Å². The fourth-order valence-electron chi connectivity index (χ4n) is 1.68. The molecule has 1 aromatic carbocycles. The number of fused-ring (bicyclic) bond motifs is 1. The molecular weight excluding hydrogens is 238 g/mol. The lowest BCUT2D eigenvalue weighted by Crippen LogP contribution is -2.22. The fraction of sp³-hybridized carbons (Fsp3) is 0.273. The van der Waals surface area contributed by atoms with Crippen molar-refractivity contribution in [3.8, 4) is 11.5 Å². The highest BCUT2D eigenvalue weighted by atomic mass is 16.6. The summed E-state index contributed by atoms with van der Waals surface area (Å²) in [5, 5.41) is 3.80. The third-order valence-electron chi connectivity index (χ3n) is 2.49. The Balaban J connectivity index is 1.78. The predicted molar refractivity (Wildman–Crippen MR) is 58.6 cm³/mol. The van der Waals surface area contributed by atoms with Gasteiger partial charge in [0.05, 0.1) is 0 Å². The summed E-state index contributed by atoms with van der Waals surface area (Å²) in [4.78, 5) is 8.53. The molecule has 1 aliphatic heterocycles. The zero-order chi connectivity index (χ0) is 12.4. The van der Waals surface area contributed by atoms with E-state index < -0.39 is 6.10 Å². The molecule has 94 valence electrons. The van der Waals surface area contributed by atoms with Crippen LogP contribution >= 0.6 is 0 Å². The lowest BCUT2D eigenvalue weighted by Gasteiger charge is -2.24. The van der Waals surface area contributed by atoms with E-state index in [-0.39, 0.29) is 6.61 Å². The molecule has 1 unspecified atom stereocenters. The van der Waals surface area contributed by atoms with Crippen molar-refractivity contribution in [2.24, 2.45) is 5.90 Å². The minimum Gasteiger partial charge on any atom is -0.485 e. The number of para-hydroxylation sites is 2. The molecule has 3 rings (SSSR count). The molecule has 0 bridgehead atoms. The summed E-state index contributed by atoms with van der Waals surface area (Å²) in [5.41, 5.74) is 0. The average Bonchev–Trinajstić information content (AvgIpc) is 2.87. The van der Waals surface area contributed by atoms with Gasteiger partial charge in [-0.2, -0.15) is 4.98 Å². The van der Waals surface area contributed by atoms with Gasteiger partial charge < -0.3 is 14.0 Å². The van der Waals surface area contributed by atoms with E-state index in [0.717, 1.165) is 0 Å². The van der Waals surface area contributed by atoms with Crippen molar-refractivity contribution in [2.45, 2.75) is 12.7 Å². The molecule has 0 saturated carbocycles. The van der Waals surface area contributed by atoms with Gasteiger partial charge in [-0.1, -0.05) is 17.3 Å². The molecule has 1 aromatic heterocycles. The van der Waals surface area contributed by atoms with Crippen molar-refractivity contribution < 1.29 is 18.8 Å². The Bertz CT molecular complexity index is 543. The number of nitrogens with two attached hydrogens (primary N) is 1. The minimum atomic E-state index is -0.393. The highest BCUT2D eigenvalue weighted by molar-refractivity contribution is 5.40. The van der Waals surface area contributed by atoms with E-state index in [2.05, 4.69) is 15.0 Å². The summed E-state index contributed by atoms with van der Waals surface area (Å²) in [6, 6.07) is 7.42. The molecule has 0 aliphatic carbocycles. The van der Waals surface area contributed by atoms with Crippen molar-refractivity contribution in [3.63, 3.8) is 0 Å². The van der Waals surface area contributed by atoms with Gasteiger partial charge in [0, 0.05) is 0 Å². The van der Waals surface area contributed by atoms with Gasteiger partial charge in [0.15, 0.2) is 17.6 Å². The number of rotatable bonds is 3. The van der Waals surface area contributed by atoms with E-state index >= 15 is 0 Å². The normalized spacial score (nSPS) is 17.7. The van der Waals surface area contributed by atoms with Crippen LogP contribution in [0, 0.1) is 0 Å². The van der Waals surface area contributed by atoms with Crippen LogP contribution in [0.15, 0.2) is 28.8 Å². The first-order chi connectivity index (χ1) is 8.86. The van der Waals surface area contributed by atoms with Gasteiger partial charge in [-0.25, -0.2) is 5.90 Å². The van der Waals surface area contributed by atoms with E-state index in [9.17, 15) is 0 Å². The number of aromatic nitrogens is 2. The van der Waals surface area contributed by atoms with Gasteiger partial charge in [-0.15, -0.1) is 0 Å². The minimum absolute atomic E-state index is 0.0666. The standard InChI is InChI=1S/C11H11N3O4/c12-16-6-10-13-11(14-18-10)9-5-15-7-3-1-2-4-8(7)17-9/h1-4,9H,5-6,12H2. The van der Waals surface area contributed by atoms with E-state index in [0.29, 0.717) is 29.8 Å². The quantitative estimate of drug-likeness (QED) is 0.810. The van der Waals surface area contributed by atoms with Gasteiger partial charge in [0.1, 0.15) is 13.2 Å². The molecule has 0 fully saturated rings. The van der Waals surface area contributed by atoms with Crippen molar-refractivity contribution in [3.05, 3.63) is 36.0 Å². The number of ether oxygens (including phenoxy) is 2. The largest absolute Gasteiger partial charge is 0.485 e. The number of nitrogens with zero attached hydrogens (tertiary/aromatic N) is 2. The topological polar surface area (TPSA) is 92.6 Å². The Morgan fingerprint density at radius 3 is 3.00 bits per heavy atom. The summed E-state index contributed by atoms with van der Waals surface area (Å²) in [7, 11) is 0. The van der Waals surface area contributed by atoms with E-state index in [1.165, 1.54) is 0 Å². The molecule has 2 heterocycles. The Morgan fingerprint density at radius 2 is 2.17 bits per heavy atom. The molecule has 1 aliphatic rings. The van der Waals surface area contributed by atoms with Gasteiger partial charge in [0.25, 0.3) is 5.89 Å². The van der Waals surface area contributed by atoms with Gasteiger partial charge in [0.2, 0.25) is 5.82 Å². The highest BCUT2D eigenvalue weighted by Gasteiger charge is 2.26. The maximum atomic E-state index is 5.73. The van der Waals surface area contributed by atoms with Crippen molar-refractivity contribution in [1.82, 2.24) is 10.1 Å². The van der Waals surface area contributed by atoms with Crippen LogP contribution < -0.4 is 15.4 Å².